The lowest BCUT2D eigenvalue weighted by atomic mass is 9.96. The van der Waals surface area contributed by atoms with Crippen LogP contribution in [0.1, 0.15) is 46.7 Å². The van der Waals surface area contributed by atoms with E-state index < -0.39 is 11.8 Å². The maximum Gasteiger partial charge on any atom is 0.335 e. The van der Waals surface area contributed by atoms with Gasteiger partial charge in [0.2, 0.25) is 0 Å². The molecular weight excluding hydrogens is 355 g/mol. The summed E-state index contributed by atoms with van der Waals surface area (Å²) in [5.74, 6) is -0.182. The molecular formula is C23H27FN2O2. The van der Waals surface area contributed by atoms with Gasteiger partial charge in [-0.25, -0.2) is 9.18 Å². The van der Waals surface area contributed by atoms with Crippen molar-refractivity contribution in [3.8, 4) is 0 Å². The number of nitrogens with zero attached hydrogens (tertiary/aromatic N) is 1. The van der Waals surface area contributed by atoms with Gasteiger partial charge in [-0.1, -0.05) is 36.4 Å². The number of piperidine rings is 1. The summed E-state index contributed by atoms with van der Waals surface area (Å²) in [5, 5.41) is 12.7. The lowest BCUT2D eigenvalue weighted by Crippen LogP contribution is -2.37. The Labute approximate surface area is 165 Å². The van der Waals surface area contributed by atoms with Crippen molar-refractivity contribution in [3.63, 3.8) is 0 Å². The van der Waals surface area contributed by atoms with Crippen LogP contribution in [0.5, 0.6) is 0 Å². The van der Waals surface area contributed by atoms with Crippen LogP contribution in [-0.2, 0) is 6.54 Å². The van der Waals surface area contributed by atoms with E-state index in [1.165, 1.54) is 18.1 Å². The quantitative estimate of drug-likeness (QED) is 0.763. The maximum atomic E-state index is 14.1. The standard InChI is InChI=1S/C23H27FN2O2/c24-21-12-18(23(27)28)6-7-19(21)15-26-10-8-16(9-11-26)14-25-22-13-20(22)17-4-2-1-3-5-17/h1-7,12,16,20,22,25H,8-11,13-15H2,(H,27,28). The minimum Gasteiger partial charge on any atom is -0.478 e. The van der Waals surface area contributed by atoms with Gasteiger partial charge in [-0.15, -0.1) is 0 Å². The summed E-state index contributed by atoms with van der Waals surface area (Å²) in [6, 6.07) is 15.5. The molecule has 4 rings (SSSR count). The first-order valence-electron chi connectivity index (χ1n) is 10.1. The van der Waals surface area contributed by atoms with Crippen LogP contribution in [0.15, 0.2) is 48.5 Å². The van der Waals surface area contributed by atoms with Crippen molar-refractivity contribution in [2.45, 2.75) is 37.8 Å². The number of carboxylic acid groups (broad SMARTS) is 1. The second-order valence-corrected chi connectivity index (χ2v) is 8.10. The molecule has 2 atom stereocenters. The Hall–Kier alpha value is -2.24. The maximum absolute atomic E-state index is 14.1. The molecule has 0 spiro atoms. The first-order chi connectivity index (χ1) is 13.6. The van der Waals surface area contributed by atoms with E-state index in [0.717, 1.165) is 38.5 Å². The Balaban J connectivity index is 1.20. The average molecular weight is 382 g/mol. The predicted molar refractivity (Wildman–Crippen MR) is 107 cm³/mol. The van der Waals surface area contributed by atoms with Gasteiger partial charge in [0.25, 0.3) is 0 Å². The molecule has 0 radical (unpaired) electrons. The largest absolute Gasteiger partial charge is 0.478 e. The number of carboxylic acids is 1. The number of likely N-dealkylation sites (tertiary alicyclic amines) is 1. The van der Waals surface area contributed by atoms with Crippen LogP contribution in [0, 0.1) is 11.7 Å². The fraction of sp³-hybridized carbons (Fsp3) is 0.435. The van der Waals surface area contributed by atoms with Gasteiger partial charge in [-0.3, -0.25) is 4.90 Å². The number of hydrogen-bond acceptors (Lipinski definition) is 3. The van der Waals surface area contributed by atoms with Crippen molar-refractivity contribution in [2.75, 3.05) is 19.6 Å². The van der Waals surface area contributed by atoms with Crippen molar-refractivity contribution < 1.29 is 14.3 Å². The van der Waals surface area contributed by atoms with E-state index in [9.17, 15) is 9.18 Å². The van der Waals surface area contributed by atoms with Crippen LogP contribution in [0.25, 0.3) is 0 Å². The molecule has 148 valence electrons. The van der Waals surface area contributed by atoms with Gasteiger partial charge in [-0.05, 0) is 62.5 Å². The molecule has 2 aromatic carbocycles. The highest BCUT2D eigenvalue weighted by Gasteiger charge is 2.38. The Morgan fingerprint density at radius 2 is 1.89 bits per heavy atom. The lowest BCUT2D eigenvalue weighted by molar-refractivity contribution is 0.0696. The number of hydrogen-bond donors (Lipinski definition) is 2. The molecule has 2 unspecified atom stereocenters. The summed E-state index contributed by atoms with van der Waals surface area (Å²) in [6.07, 6.45) is 3.46. The minimum atomic E-state index is -1.09. The van der Waals surface area contributed by atoms with Crippen LogP contribution in [0.4, 0.5) is 4.39 Å². The fourth-order valence-corrected chi connectivity index (χ4v) is 4.21. The molecule has 2 fully saturated rings. The van der Waals surface area contributed by atoms with E-state index in [4.69, 9.17) is 5.11 Å². The van der Waals surface area contributed by atoms with Crippen molar-refractivity contribution in [1.82, 2.24) is 10.2 Å². The van der Waals surface area contributed by atoms with E-state index in [2.05, 4.69) is 40.5 Å². The molecule has 0 aromatic heterocycles. The molecule has 28 heavy (non-hydrogen) atoms. The zero-order chi connectivity index (χ0) is 19.5. The second kappa shape index (κ2) is 8.41. The molecule has 1 saturated carbocycles. The first-order valence-corrected chi connectivity index (χ1v) is 10.1. The zero-order valence-corrected chi connectivity index (χ0v) is 16.0. The van der Waals surface area contributed by atoms with Crippen molar-refractivity contribution >= 4 is 5.97 Å². The lowest BCUT2D eigenvalue weighted by Gasteiger charge is -2.32. The summed E-state index contributed by atoms with van der Waals surface area (Å²) in [4.78, 5) is 13.2. The summed E-state index contributed by atoms with van der Waals surface area (Å²) in [5.41, 5.74) is 2.01. The molecule has 0 bridgehead atoms. The molecule has 4 nitrogen and oxygen atoms in total. The van der Waals surface area contributed by atoms with Crippen LogP contribution in [0.2, 0.25) is 0 Å². The Morgan fingerprint density at radius 1 is 1.14 bits per heavy atom. The zero-order valence-electron chi connectivity index (χ0n) is 16.0. The summed E-state index contributed by atoms with van der Waals surface area (Å²) >= 11 is 0. The number of rotatable bonds is 7. The van der Waals surface area contributed by atoms with Gasteiger partial charge in [0, 0.05) is 24.1 Å². The summed E-state index contributed by atoms with van der Waals surface area (Å²) in [6.45, 7) is 3.52. The highest BCUT2D eigenvalue weighted by atomic mass is 19.1. The van der Waals surface area contributed by atoms with Crippen molar-refractivity contribution in [3.05, 3.63) is 71.0 Å². The highest BCUT2D eigenvalue weighted by molar-refractivity contribution is 5.87. The molecule has 1 aliphatic carbocycles. The third-order valence-corrected chi connectivity index (χ3v) is 6.09. The van der Waals surface area contributed by atoms with Crippen molar-refractivity contribution in [1.29, 1.82) is 0 Å². The topological polar surface area (TPSA) is 52.6 Å². The molecule has 1 saturated heterocycles. The van der Waals surface area contributed by atoms with E-state index in [1.54, 1.807) is 6.07 Å². The van der Waals surface area contributed by atoms with E-state index in [0.29, 0.717) is 30.0 Å². The molecule has 0 amide bonds. The third-order valence-electron chi connectivity index (χ3n) is 6.09. The molecule has 1 aliphatic heterocycles. The van der Waals surface area contributed by atoms with Gasteiger partial charge in [-0.2, -0.15) is 0 Å². The highest BCUT2D eigenvalue weighted by Crippen LogP contribution is 2.40. The Morgan fingerprint density at radius 3 is 2.57 bits per heavy atom. The average Bonchev–Trinajstić information content (AvgIpc) is 3.49. The van der Waals surface area contributed by atoms with Crippen LogP contribution in [0.3, 0.4) is 0 Å². The van der Waals surface area contributed by atoms with Crippen LogP contribution in [-0.4, -0.2) is 41.7 Å². The van der Waals surface area contributed by atoms with E-state index in [1.807, 2.05) is 0 Å². The van der Waals surface area contributed by atoms with Gasteiger partial charge in [0.1, 0.15) is 5.82 Å². The molecule has 1 heterocycles. The van der Waals surface area contributed by atoms with Gasteiger partial charge < -0.3 is 10.4 Å². The third kappa shape index (κ3) is 4.59. The van der Waals surface area contributed by atoms with Crippen molar-refractivity contribution in [2.24, 2.45) is 5.92 Å². The van der Waals surface area contributed by atoms with Gasteiger partial charge >= 0.3 is 5.97 Å². The fourth-order valence-electron chi connectivity index (χ4n) is 4.21. The number of aromatic carboxylic acids is 1. The smallest absolute Gasteiger partial charge is 0.335 e. The second-order valence-electron chi connectivity index (χ2n) is 8.10. The molecule has 5 heteroatoms. The van der Waals surface area contributed by atoms with Crippen LogP contribution >= 0.6 is 0 Å². The Bertz CT molecular complexity index is 819. The number of carbonyl (C=O) groups is 1. The molecule has 2 N–H and O–H groups in total. The number of benzene rings is 2. The summed E-state index contributed by atoms with van der Waals surface area (Å²) < 4.78 is 14.1. The van der Waals surface area contributed by atoms with Gasteiger partial charge in [0.15, 0.2) is 0 Å². The summed E-state index contributed by atoms with van der Waals surface area (Å²) in [7, 11) is 0. The van der Waals surface area contributed by atoms with Crippen LogP contribution < -0.4 is 5.32 Å². The van der Waals surface area contributed by atoms with E-state index >= 15 is 0 Å². The molecule has 2 aromatic rings. The SMILES string of the molecule is O=C(O)c1ccc(CN2CCC(CNC3CC3c3ccccc3)CC2)c(F)c1. The first kappa shape index (κ1) is 19.1. The minimum absolute atomic E-state index is 0.0000783. The predicted octanol–water partition coefficient (Wildman–Crippen LogP) is 3.88. The normalized spacial score (nSPS) is 22.9. The van der Waals surface area contributed by atoms with E-state index in [-0.39, 0.29) is 5.56 Å². The Kier molecular flexibility index (Phi) is 5.74. The molecule has 2 aliphatic rings. The monoisotopic (exact) mass is 382 g/mol. The van der Waals surface area contributed by atoms with Gasteiger partial charge in [0.05, 0.1) is 5.56 Å². The number of halogens is 1. The number of nitrogens with one attached hydrogen (secondary N) is 1.